The minimum Gasteiger partial charge on any atom is -0.369 e. The maximum absolute atomic E-state index is 11.7. The molecule has 1 fully saturated rings. The fourth-order valence-corrected chi connectivity index (χ4v) is 2.14. The predicted octanol–water partition coefficient (Wildman–Crippen LogP) is 2.03. The third-order valence-corrected chi connectivity index (χ3v) is 3.36. The number of Topliss-reactive ketones (excluding diaryl/α,β-unsaturated/α-hetero) is 1. The van der Waals surface area contributed by atoms with Crippen LogP contribution in [0.4, 0.5) is 5.69 Å². The summed E-state index contributed by atoms with van der Waals surface area (Å²) < 4.78 is 0. The summed E-state index contributed by atoms with van der Waals surface area (Å²) in [7, 11) is 2.15. The van der Waals surface area contributed by atoms with Gasteiger partial charge >= 0.3 is 0 Å². The van der Waals surface area contributed by atoms with E-state index in [9.17, 15) is 4.79 Å². The molecule has 0 radical (unpaired) electrons. The average Bonchev–Trinajstić information content (AvgIpc) is 2.39. The van der Waals surface area contributed by atoms with Crippen molar-refractivity contribution in [3.8, 4) is 0 Å². The van der Waals surface area contributed by atoms with E-state index in [0.29, 0.717) is 6.42 Å². The van der Waals surface area contributed by atoms with Gasteiger partial charge in [0, 0.05) is 43.9 Å². The van der Waals surface area contributed by atoms with E-state index in [2.05, 4.69) is 22.9 Å². The Kier molecular flexibility index (Phi) is 3.79. The smallest absolute Gasteiger partial charge is 0.162 e. The third kappa shape index (κ3) is 2.86. The highest BCUT2D eigenvalue weighted by Crippen LogP contribution is 2.18. The minimum absolute atomic E-state index is 0.223. The van der Waals surface area contributed by atoms with Crippen LogP contribution in [-0.4, -0.2) is 43.9 Å². The number of hydrogen-bond acceptors (Lipinski definition) is 3. The van der Waals surface area contributed by atoms with Crippen LogP contribution in [0.15, 0.2) is 24.3 Å². The summed E-state index contributed by atoms with van der Waals surface area (Å²) in [6.45, 7) is 6.17. The zero-order valence-corrected chi connectivity index (χ0v) is 10.6. The van der Waals surface area contributed by atoms with Crippen molar-refractivity contribution in [2.45, 2.75) is 13.3 Å². The number of carbonyl (C=O) groups excluding carboxylic acids is 1. The molecular formula is C14H20N2O. The van der Waals surface area contributed by atoms with Gasteiger partial charge in [-0.15, -0.1) is 0 Å². The van der Waals surface area contributed by atoms with Crippen molar-refractivity contribution in [2.75, 3.05) is 38.1 Å². The third-order valence-electron chi connectivity index (χ3n) is 3.36. The van der Waals surface area contributed by atoms with Gasteiger partial charge in [-0.05, 0) is 19.2 Å². The van der Waals surface area contributed by atoms with E-state index in [0.717, 1.165) is 31.7 Å². The Hall–Kier alpha value is -1.35. The molecule has 1 aliphatic rings. The number of carbonyl (C=O) groups is 1. The maximum atomic E-state index is 11.7. The summed E-state index contributed by atoms with van der Waals surface area (Å²) in [5.41, 5.74) is 2.02. The van der Waals surface area contributed by atoms with Crippen LogP contribution < -0.4 is 4.90 Å². The molecule has 1 saturated heterocycles. The van der Waals surface area contributed by atoms with Gasteiger partial charge in [-0.25, -0.2) is 0 Å². The van der Waals surface area contributed by atoms with Crippen molar-refractivity contribution in [1.29, 1.82) is 0 Å². The Morgan fingerprint density at radius 3 is 2.59 bits per heavy atom. The fourth-order valence-electron chi connectivity index (χ4n) is 2.14. The number of benzene rings is 1. The van der Waals surface area contributed by atoms with Gasteiger partial charge in [-0.1, -0.05) is 19.1 Å². The molecule has 0 unspecified atom stereocenters. The predicted molar refractivity (Wildman–Crippen MR) is 70.8 cm³/mol. The monoisotopic (exact) mass is 232 g/mol. The van der Waals surface area contributed by atoms with Crippen LogP contribution in [0.2, 0.25) is 0 Å². The van der Waals surface area contributed by atoms with Crippen LogP contribution in [0.5, 0.6) is 0 Å². The van der Waals surface area contributed by atoms with Crippen LogP contribution in [-0.2, 0) is 0 Å². The van der Waals surface area contributed by atoms with E-state index in [1.165, 1.54) is 5.69 Å². The second-order valence-electron chi connectivity index (χ2n) is 4.62. The standard InChI is InChI=1S/C14H20N2O/c1-3-14(17)12-5-4-6-13(11-12)16-9-7-15(2)8-10-16/h4-6,11H,3,7-10H2,1-2H3. The van der Waals surface area contributed by atoms with E-state index < -0.39 is 0 Å². The molecule has 0 saturated carbocycles. The number of likely N-dealkylation sites (N-methyl/N-ethyl adjacent to an activating group) is 1. The highest BCUT2D eigenvalue weighted by molar-refractivity contribution is 5.96. The lowest BCUT2D eigenvalue weighted by Gasteiger charge is -2.34. The van der Waals surface area contributed by atoms with E-state index in [-0.39, 0.29) is 5.78 Å². The van der Waals surface area contributed by atoms with Crippen LogP contribution in [0.1, 0.15) is 23.7 Å². The Morgan fingerprint density at radius 2 is 1.94 bits per heavy atom. The molecule has 2 rings (SSSR count). The first kappa shape index (κ1) is 12.1. The highest BCUT2D eigenvalue weighted by atomic mass is 16.1. The summed E-state index contributed by atoms with van der Waals surface area (Å²) in [6.07, 6.45) is 0.576. The van der Waals surface area contributed by atoms with Crippen molar-refractivity contribution in [3.05, 3.63) is 29.8 Å². The summed E-state index contributed by atoms with van der Waals surface area (Å²) >= 11 is 0. The van der Waals surface area contributed by atoms with Crippen molar-refractivity contribution in [1.82, 2.24) is 4.90 Å². The Morgan fingerprint density at radius 1 is 1.24 bits per heavy atom. The zero-order chi connectivity index (χ0) is 12.3. The van der Waals surface area contributed by atoms with E-state index in [1.807, 2.05) is 25.1 Å². The van der Waals surface area contributed by atoms with Gasteiger partial charge in [0.15, 0.2) is 5.78 Å². The second-order valence-corrected chi connectivity index (χ2v) is 4.62. The summed E-state index contributed by atoms with van der Waals surface area (Å²) in [4.78, 5) is 16.4. The van der Waals surface area contributed by atoms with Gasteiger partial charge in [0.1, 0.15) is 0 Å². The van der Waals surface area contributed by atoms with Crippen LogP contribution in [0, 0.1) is 0 Å². The molecule has 0 N–H and O–H groups in total. The molecule has 17 heavy (non-hydrogen) atoms. The van der Waals surface area contributed by atoms with Crippen LogP contribution in [0.3, 0.4) is 0 Å². The molecule has 3 nitrogen and oxygen atoms in total. The molecule has 1 aromatic carbocycles. The van der Waals surface area contributed by atoms with Crippen molar-refractivity contribution < 1.29 is 4.79 Å². The fraction of sp³-hybridized carbons (Fsp3) is 0.500. The minimum atomic E-state index is 0.223. The Balaban J connectivity index is 2.13. The number of anilines is 1. The van der Waals surface area contributed by atoms with Crippen molar-refractivity contribution >= 4 is 11.5 Å². The highest BCUT2D eigenvalue weighted by Gasteiger charge is 2.15. The van der Waals surface area contributed by atoms with Gasteiger partial charge < -0.3 is 9.80 Å². The number of piperazine rings is 1. The SMILES string of the molecule is CCC(=O)c1cccc(N2CCN(C)CC2)c1. The normalized spacial score (nSPS) is 17.2. The molecule has 1 aliphatic heterocycles. The summed E-state index contributed by atoms with van der Waals surface area (Å²) in [6, 6.07) is 8.01. The van der Waals surface area contributed by atoms with Crippen molar-refractivity contribution in [2.24, 2.45) is 0 Å². The Bertz CT molecular complexity index is 395. The number of rotatable bonds is 3. The van der Waals surface area contributed by atoms with E-state index >= 15 is 0 Å². The molecular weight excluding hydrogens is 212 g/mol. The topological polar surface area (TPSA) is 23.6 Å². The second kappa shape index (κ2) is 5.32. The molecule has 0 amide bonds. The number of ketones is 1. The number of hydrogen-bond donors (Lipinski definition) is 0. The summed E-state index contributed by atoms with van der Waals surface area (Å²) in [5, 5.41) is 0. The van der Waals surface area contributed by atoms with Gasteiger partial charge in [-0.2, -0.15) is 0 Å². The molecule has 0 spiro atoms. The van der Waals surface area contributed by atoms with E-state index in [4.69, 9.17) is 0 Å². The molecule has 92 valence electrons. The number of nitrogens with zero attached hydrogens (tertiary/aromatic N) is 2. The molecule has 1 aromatic rings. The first-order valence-electron chi connectivity index (χ1n) is 6.27. The lowest BCUT2D eigenvalue weighted by molar-refractivity contribution is 0.0988. The van der Waals surface area contributed by atoms with Crippen molar-refractivity contribution in [3.63, 3.8) is 0 Å². The zero-order valence-electron chi connectivity index (χ0n) is 10.6. The summed E-state index contributed by atoms with van der Waals surface area (Å²) in [5.74, 6) is 0.223. The molecule has 0 aromatic heterocycles. The lowest BCUT2D eigenvalue weighted by Crippen LogP contribution is -2.44. The van der Waals surface area contributed by atoms with E-state index in [1.54, 1.807) is 0 Å². The van der Waals surface area contributed by atoms with Gasteiger partial charge in [0.05, 0.1) is 0 Å². The average molecular weight is 232 g/mol. The molecule has 0 atom stereocenters. The molecule has 0 aliphatic carbocycles. The first-order chi connectivity index (χ1) is 8.20. The Labute approximate surface area is 103 Å². The molecule has 3 heteroatoms. The van der Waals surface area contributed by atoms with Crippen LogP contribution >= 0.6 is 0 Å². The lowest BCUT2D eigenvalue weighted by atomic mass is 10.1. The van der Waals surface area contributed by atoms with Gasteiger partial charge in [0.25, 0.3) is 0 Å². The largest absolute Gasteiger partial charge is 0.369 e. The first-order valence-corrected chi connectivity index (χ1v) is 6.27. The quantitative estimate of drug-likeness (QED) is 0.745. The van der Waals surface area contributed by atoms with Gasteiger partial charge in [0.2, 0.25) is 0 Å². The van der Waals surface area contributed by atoms with Gasteiger partial charge in [-0.3, -0.25) is 4.79 Å². The molecule has 1 heterocycles. The molecule has 0 bridgehead atoms. The maximum Gasteiger partial charge on any atom is 0.162 e. The van der Waals surface area contributed by atoms with Crippen LogP contribution in [0.25, 0.3) is 0 Å².